The van der Waals surface area contributed by atoms with Crippen molar-refractivity contribution in [2.24, 2.45) is 0 Å². The van der Waals surface area contributed by atoms with Crippen LogP contribution < -0.4 is 10.1 Å². The Morgan fingerprint density at radius 3 is 2.95 bits per heavy atom. The standard InChI is InChI=1S/C15H16FN3O2/c1-10-12(9-18-19-10)8-17-15(20)6-4-11-3-5-14(21-2)13(16)7-11/h3-7,9H,8H2,1-2H3,(H,17,20)(H,18,19)/b6-4-. The largest absolute Gasteiger partial charge is 0.494 e. The average Bonchev–Trinajstić information content (AvgIpc) is 2.88. The number of nitrogens with one attached hydrogen (secondary N) is 2. The molecule has 1 aromatic carbocycles. The number of nitrogens with zero attached hydrogens (tertiary/aromatic N) is 1. The molecular formula is C15H16FN3O2. The maximum atomic E-state index is 13.5. The van der Waals surface area contributed by atoms with E-state index >= 15 is 0 Å². The van der Waals surface area contributed by atoms with Gasteiger partial charge in [0.15, 0.2) is 11.6 Å². The highest BCUT2D eigenvalue weighted by molar-refractivity contribution is 5.91. The lowest BCUT2D eigenvalue weighted by atomic mass is 10.2. The molecule has 0 spiro atoms. The predicted octanol–water partition coefficient (Wildman–Crippen LogP) is 2.20. The van der Waals surface area contributed by atoms with Gasteiger partial charge in [-0.25, -0.2) is 4.39 Å². The van der Waals surface area contributed by atoms with Gasteiger partial charge in [0.1, 0.15) is 0 Å². The van der Waals surface area contributed by atoms with Crippen LogP contribution in [0.1, 0.15) is 16.8 Å². The highest BCUT2D eigenvalue weighted by atomic mass is 19.1. The third kappa shape index (κ3) is 3.92. The molecule has 0 aliphatic carbocycles. The second-order valence-corrected chi connectivity index (χ2v) is 4.47. The highest BCUT2D eigenvalue weighted by Crippen LogP contribution is 2.18. The number of aromatic nitrogens is 2. The molecule has 1 heterocycles. The van der Waals surface area contributed by atoms with E-state index in [1.165, 1.54) is 25.3 Å². The third-order valence-corrected chi connectivity index (χ3v) is 2.99. The van der Waals surface area contributed by atoms with E-state index in [-0.39, 0.29) is 11.7 Å². The number of rotatable bonds is 5. The number of hydrogen-bond acceptors (Lipinski definition) is 3. The van der Waals surface area contributed by atoms with Crippen LogP contribution >= 0.6 is 0 Å². The van der Waals surface area contributed by atoms with Crippen LogP contribution in [0.15, 0.2) is 30.5 Å². The summed E-state index contributed by atoms with van der Waals surface area (Å²) in [6.07, 6.45) is 4.56. The number of carbonyl (C=O) groups excluding carboxylic acids is 1. The molecule has 1 amide bonds. The summed E-state index contributed by atoms with van der Waals surface area (Å²) in [5, 5.41) is 9.39. The SMILES string of the molecule is COc1ccc(/C=C\C(=O)NCc2cn[nH]c2C)cc1F. The number of amides is 1. The van der Waals surface area contributed by atoms with Gasteiger partial charge in [-0.3, -0.25) is 9.89 Å². The van der Waals surface area contributed by atoms with Crippen molar-refractivity contribution in [1.82, 2.24) is 15.5 Å². The Kier molecular flexibility index (Phi) is 4.71. The zero-order valence-corrected chi connectivity index (χ0v) is 11.8. The molecular weight excluding hydrogens is 273 g/mol. The van der Waals surface area contributed by atoms with E-state index < -0.39 is 5.82 Å². The number of halogens is 1. The van der Waals surface area contributed by atoms with Crippen molar-refractivity contribution in [3.63, 3.8) is 0 Å². The maximum Gasteiger partial charge on any atom is 0.244 e. The molecule has 6 heteroatoms. The van der Waals surface area contributed by atoms with Crippen molar-refractivity contribution in [1.29, 1.82) is 0 Å². The summed E-state index contributed by atoms with van der Waals surface area (Å²) in [7, 11) is 1.40. The fourth-order valence-corrected chi connectivity index (χ4v) is 1.75. The average molecular weight is 289 g/mol. The van der Waals surface area contributed by atoms with Crippen molar-refractivity contribution in [3.05, 3.63) is 53.1 Å². The van der Waals surface area contributed by atoms with Crippen molar-refractivity contribution in [2.45, 2.75) is 13.5 Å². The first-order chi connectivity index (χ1) is 10.1. The molecule has 2 N–H and O–H groups in total. The Labute approximate surface area is 121 Å². The van der Waals surface area contributed by atoms with Gasteiger partial charge in [-0.05, 0) is 30.7 Å². The molecule has 0 aliphatic heterocycles. The van der Waals surface area contributed by atoms with Gasteiger partial charge in [0.05, 0.1) is 13.3 Å². The highest BCUT2D eigenvalue weighted by Gasteiger charge is 2.03. The van der Waals surface area contributed by atoms with E-state index in [1.54, 1.807) is 18.3 Å². The number of methoxy groups -OCH3 is 1. The number of hydrogen-bond donors (Lipinski definition) is 2. The lowest BCUT2D eigenvalue weighted by Gasteiger charge is -2.02. The van der Waals surface area contributed by atoms with Gasteiger partial charge >= 0.3 is 0 Å². The van der Waals surface area contributed by atoms with Crippen LogP contribution in [0.25, 0.3) is 6.08 Å². The van der Waals surface area contributed by atoms with Crippen molar-refractivity contribution < 1.29 is 13.9 Å². The summed E-state index contributed by atoms with van der Waals surface area (Å²) >= 11 is 0. The van der Waals surface area contributed by atoms with Crippen LogP contribution in [0.2, 0.25) is 0 Å². The summed E-state index contributed by atoms with van der Waals surface area (Å²) in [6.45, 7) is 2.27. The molecule has 5 nitrogen and oxygen atoms in total. The minimum absolute atomic E-state index is 0.173. The van der Waals surface area contributed by atoms with Crippen LogP contribution in [-0.2, 0) is 11.3 Å². The molecule has 110 valence electrons. The fourth-order valence-electron chi connectivity index (χ4n) is 1.75. The second kappa shape index (κ2) is 6.69. The molecule has 0 saturated heterocycles. The van der Waals surface area contributed by atoms with Gasteiger partial charge in [-0.15, -0.1) is 0 Å². The Bertz CT molecular complexity index is 665. The van der Waals surface area contributed by atoms with Crippen molar-refractivity contribution in [3.8, 4) is 5.75 Å². The number of carbonyl (C=O) groups is 1. The van der Waals surface area contributed by atoms with Crippen LogP contribution in [0.5, 0.6) is 5.75 Å². The third-order valence-electron chi connectivity index (χ3n) is 2.99. The lowest BCUT2D eigenvalue weighted by Crippen LogP contribution is -2.20. The van der Waals surface area contributed by atoms with Crippen LogP contribution in [0, 0.1) is 12.7 Å². The molecule has 0 unspecified atom stereocenters. The Balaban J connectivity index is 1.93. The van der Waals surface area contributed by atoms with E-state index in [1.807, 2.05) is 6.92 Å². The van der Waals surface area contributed by atoms with E-state index in [0.29, 0.717) is 12.1 Å². The monoisotopic (exact) mass is 289 g/mol. The number of benzene rings is 1. The van der Waals surface area contributed by atoms with Gasteiger partial charge < -0.3 is 10.1 Å². The molecule has 0 radical (unpaired) electrons. The Hall–Kier alpha value is -2.63. The molecule has 21 heavy (non-hydrogen) atoms. The summed E-state index contributed by atoms with van der Waals surface area (Å²) in [6, 6.07) is 4.50. The van der Waals surface area contributed by atoms with E-state index in [9.17, 15) is 9.18 Å². The van der Waals surface area contributed by atoms with E-state index in [4.69, 9.17) is 4.74 Å². The zero-order valence-electron chi connectivity index (χ0n) is 11.8. The smallest absolute Gasteiger partial charge is 0.244 e. The van der Waals surface area contributed by atoms with Crippen LogP contribution in [0.4, 0.5) is 4.39 Å². The maximum absolute atomic E-state index is 13.5. The molecule has 1 aromatic heterocycles. The topological polar surface area (TPSA) is 67.0 Å². The Morgan fingerprint density at radius 2 is 2.33 bits per heavy atom. The van der Waals surface area contributed by atoms with Gasteiger partial charge in [0.2, 0.25) is 5.91 Å². The first-order valence-corrected chi connectivity index (χ1v) is 6.38. The summed E-state index contributed by atoms with van der Waals surface area (Å²) in [5.74, 6) is -0.548. The Morgan fingerprint density at radius 1 is 1.52 bits per heavy atom. The summed E-state index contributed by atoms with van der Waals surface area (Å²) < 4.78 is 18.3. The number of H-pyrrole nitrogens is 1. The van der Waals surface area contributed by atoms with Gasteiger partial charge in [0.25, 0.3) is 0 Å². The zero-order chi connectivity index (χ0) is 15.2. The quantitative estimate of drug-likeness (QED) is 0.829. The molecule has 0 atom stereocenters. The molecule has 0 aliphatic rings. The van der Waals surface area contributed by atoms with Crippen LogP contribution in [0.3, 0.4) is 0 Å². The summed E-state index contributed by atoms with van der Waals surface area (Å²) in [5.41, 5.74) is 2.42. The molecule has 0 saturated carbocycles. The van der Waals surface area contributed by atoms with Gasteiger partial charge in [-0.2, -0.15) is 5.10 Å². The van der Waals surface area contributed by atoms with Gasteiger partial charge in [0, 0.05) is 23.9 Å². The molecule has 2 rings (SSSR count). The van der Waals surface area contributed by atoms with Crippen LogP contribution in [-0.4, -0.2) is 23.2 Å². The number of aromatic amines is 1. The molecule has 0 bridgehead atoms. The minimum atomic E-state index is -0.464. The first kappa shape index (κ1) is 14.8. The lowest BCUT2D eigenvalue weighted by molar-refractivity contribution is -0.116. The molecule has 0 fully saturated rings. The fraction of sp³-hybridized carbons (Fsp3) is 0.200. The number of ether oxygens (including phenoxy) is 1. The number of aryl methyl sites for hydroxylation is 1. The van der Waals surface area contributed by atoms with Crippen molar-refractivity contribution in [2.75, 3.05) is 7.11 Å². The molecule has 2 aromatic rings. The van der Waals surface area contributed by atoms with Gasteiger partial charge in [-0.1, -0.05) is 6.07 Å². The first-order valence-electron chi connectivity index (χ1n) is 6.38. The second-order valence-electron chi connectivity index (χ2n) is 4.47. The van der Waals surface area contributed by atoms with Crippen molar-refractivity contribution >= 4 is 12.0 Å². The normalized spacial score (nSPS) is 10.8. The van der Waals surface area contributed by atoms with E-state index in [2.05, 4.69) is 15.5 Å². The minimum Gasteiger partial charge on any atom is -0.494 e. The van der Waals surface area contributed by atoms with E-state index in [0.717, 1.165) is 11.3 Å². The summed E-state index contributed by atoms with van der Waals surface area (Å²) in [4.78, 5) is 11.7. The predicted molar refractivity (Wildman–Crippen MR) is 77.2 cm³/mol.